The summed E-state index contributed by atoms with van der Waals surface area (Å²) in [5, 5.41) is 14.2. The van der Waals surface area contributed by atoms with E-state index in [0.717, 1.165) is 24.1 Å². The number of hydrogen-bond donors (Lipinski definition) is 1. The van der Waals surface area contributed by atoms with Crippen LogP contribution in [0.2, 0.25) is 5.02 Å². The molecule has 1 aromatic rings. The van der Waals surface area contributed by atoms with Crippen LogP contribution < -0.4 is 0 Å². The Morgan fingerprint density at radius 2 is 2.12 bits per heavy atom. The van der Waals surface area contributed by atoms with E-state index in [-0.39, 0.29) is 5.92 Å². The van der Waals surface area contributed by atoms with E-state index in [1.165, 1.54) is 0 Å². The summed E-state index contributed by atoms with van der Waals surface area (Å²) >= 11 is 5.86. The Hall–Kier alpha value is -1.06. The van der Waals surface area contributed by atoms with Gasteiger partial charge in [0.15, 0.2) is 0 Å². The first-order valence-electron chi connectivity index (χ1n) is 5.88. The minimum atomic E-state index is -0.775. The molecular formula is C13H16ClNO2. The molecule has 1 aliphatic rings. The smallest absolute Gasteiger partial charge is 0.225 e. The Morgan fingerprint density at radius 1 is 1.41 bits per heavy atom. The van der Waals surface area contributed by atoms with Crippen molar-refractivity contribution in [1.82, 2.24) is 0 Å². The van der Waals surface area contributed by atoms with E-state index in [2.05, 4.69) is 12.1 Å². The molecule has 0 spiro atoms. The normalized spacial score (nSPS) is 24.1. The predicted octanol–water partition coefficient (Wildman–Crippen LogP) is 3.20. The second kappa shape index (κ2) is 5.52. The fourth-order valence-electron chi connectivity index (χ4n) is 2.10. The molecule has 0 fully saturated rings. The van der Waals surface area contributed by atoms with Crippen molar-refractivity contribution in [2.24, 2.45) is 11.1 Å². The van der Waals surface area contributed by atoms with Crippen molar-refractivity contribution in [3.05, 3.63) is 34.9 Å². The van der Waals surface area contributed by atoms with Crippen LogP contribution in [0.1, 0.15) is 31.7 Å². The van der Waals surface area contributed by atoms with Crippen LogP contribution in [0.25, 0.3) is 0 Å². The largest absolute Gasteiger partial charge is 0.364 e. The van der Waals surface area contributed by atoms with E-state index in [4.69, 9.17) is 16.4 Å². The summed E-state index contributed by atoms with van der Waals surface area (Å²) in [4.78, 5) is 4.96. The molecule has 2 atom stereocenters. The predicted molar refractivity (Wildman–Crippen MR) is 68.1 cm³/mol. The molecule has 1 aromatic carbocycles. The summed E-state index contributed by atoms with van der Waals surface area (Å²) in [5.74, 6) is 0.255. The monoisotopic (exact) mass is 253 g/mol. The van der Waals surface area contributed by atoms with Gasteiger partial charge in [-0.1, -0.05) is 42.2 Å². The fraction of sp³-hybridized carbons (Fsp3) is 0.462. The van der Waals surface area contributed by atoms with Crippen molar-refractivity contribution in [2.75, 3.05) is 0 Å². The number of oxime groups is 1. The maximum atomic E-state index is 9.46. The maximum absolute atomic E-state index is 9.46. The van der Waals surface area contributed by atoms with Crippen molar-refractivity contribution in [3.8, 4) is 0 Å². The third kappa shape index (κ3) is 2.99. The first-order chi connectivity index (χ1) is 8.20. The summed E-state index contributed by atoms with van der Waals surface area (Å²) in [6.07, 6.45) is 1.89. The van der Waals surface area contributed by atoms with Crippen LogP contribution in [-0.2, 0) is 4.84 Å². The summed E-state index contributed by atoms with van der Waals surface area (Å²) in [6, 6.07) is 7.55. The van der Waals surface area contributed by atoms with Crippen molar-refractivity contribution >= 4 is 17.3 Å². The molecule has 0 aromatic heterocycles. The molecule has 2 rings (SSSR count). The van der Waals surface area contributed by atoms with Gasteiger partial charge in [0.05, 0.1) is 5.71 Å². The molecule has 0 bridgehead atoms. The van der Waals surface area contributed by atoms with Gasteiger partial charge in [-0.2, -0.15) is 0 Å². The minimum Gasteiger partial charge on any atom is -0.364 e. The number of halogens is 1. The Morgan fingerprint density at radius 3 is 2.76 bits per heavy atom. The standard InChI is InChI=1S/C13H16ClNO2/c1-2-3-10-8-12(16)17-15-13(10)9-4-6-11(14)7-5-9/h4-7,10,12,16H,2-3,8H2,1H3/t10-,12?/m1/s1. The molecule has 92 valence electrons. The molecule has 0 aliphatic carbocycles. The molecule has 0 saturated carbocycles. The van der Waals surface area contributed by atoms with Gasteiger partial charge < -0.3 is 9.94 Å². The minimum absolute atomic E-state index is 0.255. The number of benzene rings is 1. The van der Waals surface area contributed by atoms with E-state index in [0.29, 0.717) is 11.4 Å². The Bertz CT molecular complexity index is 402. The van der Waals surface area contributed by atoms with Gasteiger partial charge in [-0.3, -0.25) is 0 Å². The fourth-order valence-corrected chi connectivity index (χ4v) is 2.23. The molecule has 1 aliphatic heterocycles. The summed E-state index contributed by atoms with van der Waals surface area (Å²) in [7, 11) is 0. The molecule has 4 heteroatoms. The zero-order valence-corrected chi connectivity index (χ0v) is 10.5. The Kier molecular flexibility index (Phi) is 4.02. The second-order valence-corrected chi connectivity index (χ2v) is 4.70. The molecule has 0 saturated heterocycles. The summed E-state index contributed by atoms with van der Waals surface area (Å²) < 4.78 is 0. The molecule has 17 heavy (non-hydrogen) atoms. The molecular weight excluding hydrogens is 238 g/mol. The molecule has 1 heterocycles. The lowest BCUT2D eigenvalue weighted by molar-refractivity contribution is -0.116. The third-order valence-electron chi connectivity index (χ3n) is 2.92. The van der Waals surface area contributed by atoms with Gasteiger partial charge in [-0.05, 0) is 24.1 Å². The van der Waals surface area contributed by atoms with Gasteiger partial charge >= 0.3 is 0 Å². The number of rotatable bonds is 3. The SMILES string of the molecule is CCC[C@@H]1CC(O)ON=C1c1ccc(Cl)cc1. The van der Waals surface area contributed by atoms with Gasteiger partial charge in [0, 0.05) is 17.4 Å². The first kappa shape index (κ1) is 12.4. The summed E-state index contributed by atoms with van der Waals surface area (Å²) in [5.41, 5.74) is 1.92. The van der Waals surface area contributed by atoms with Crippen molar-refractivity contribution < 1.29 is 9.94 Å². The van der Waals surface area contributed by atoms with Crippen LogP contribution in [-0.4, -0.2) is 17.1 Å². The Balaban J connectivity index is 2.25. The number of aliphatic hydroxyl groups is 1. The van der Waals surface area contributed by atoms with E-state index < -0.39 is 6.29 Å². The van der Waals surface area contributed by atoms with E-state index in [1.54, 1.807) is 0 Å². The van der Waals surface area contributed by atoms with Gasteiger partial charge in [0.1, 0.15) is 0 Å². The maximum Gasteiger partial charge on any atom is 0.225 e. The van der Waals surface area contributed by atoms with E-state index in [1.807, 2.05) is 24.3 Å². The van der Waals surface area contributed by atoms with Crippen LogP contribution in [0, 0.1) is 5.92 Å². The highest BCUT2D eigenvalue weighted by Crippen LogP contribution is 2.25. The van der Waals surface area contributed by atoms with Crippen LogP contribution in [0.15, 0.2) is 29.4 Å². The molecule has 0 radical (unpaired) electrons. The third-order valence-corrected chi connectivity index (χ3v) is 3.17. The van der Waals surface area contributed by atoms with Crippen molar-refractivity contribution in [1.29, 1.82) is 0 Å². The number of aliphatic hydroxyl groups excluding tert-OH is 1. The van der Waals surface area contributed by atoms with Gasteiger partial charge in [-0.25, -0.2) is 0 Å². The lowest BCUT2D eigenvalue weighted by Gasteiger charge is -2.25. The van der Waals surface area contributed by atoms with Crippen LogP contribution in [0.4, 0.5) is 0 Å². The highest BCUT2D eigenvalue weighted by atomic mass is 35.5. The molecule has 0 amide bonds. The highest BCUT2D eigenvalue weighted by Gasteiger charge is 2.26. The zero-order chi connectivity index (χ0) is 12.3. The summed E-state index contributed by atoms with van der Waals surface area (Å²) in [6.45, 7) is 2.13. The van der Waals surface area contributed by atoms with Gasteiger partial charge in [0.2, 0.25) is 6.29 Å². The topological polar surface area (TPSA) is 41.8 Å². The number of hydrogen-bond acceptors (Lipinski definition) is 3. The molecule has 3 nitrogen and oxygen atoms in total. The zero-order valence-electron chi connectivity index (χ0n) is 9.77. The molecule has 1 unspecified atom stereocenters. The lowest BCUT2D eigenvalue weighted by atomic mass is 9.89. The first-order valence-corrected chi connectivity index (χ1v) is 6.26. The Labute approximate surface area is 106 Å². The number of nitrogens with zero attached hydrogens (tertiary/aromatic N) is 1. The van der Waals surface area contributed by atoms with Gasteiger partial charge in [0.25, 0.3) is 0 Å². The van der Waals surface area contributed by atoms with Gasteiger partial charge in [-0.15, -0.1) is 0 Å². The quantitative estimate of drug-likeness (QED) is 0.899. The van der Waals surface area contributed by atoms with Crippen molar-refractivity contribution in [3.63, 3.8) is 0 Å². The highest BCUT2D eigenvalue weighted by molar-refractivity contribution is 6.30. The van der Waals surface area contributed by atoms with Crippen LogP contribution in [0.3, 0.4) is 0 Å². The average Bonchev–Trinajstić information content (AvgIpc) is 2.31. The van der Waals surface area contributed by atoms with Crippen molar-refractivity contribution in [2.45, 2.75) is 32.5 Å². The van der Waals surface area contributed by atoms with E-state index in [9.17, 15) is 5.11 Å². The van der Waals surface area contributed by atoms with Crippen LogP contribution in [0.5, 0.6) is 0 Å². The molecule has 1 N–H and O–H groups in total. The lowest BCUT2D eigenvalue weighted by Crippen LogP contribution is -2.28. The second-order valence-electron chi connectivity index (χ2n) is 4.26. The average molecular weight is 254 g/mol. The van der Waals surface area contributed by atoms with E-state index >= 15 is 0 Å². The van der Waals surface area contributed by atoms with Crippen LogP contribution >= 0.6 is 11.6 Å².